The number of rotatable bonds is 9. The zero-order valence-corrected chi connectivity index (χ0v) is 23.2. The summed E-state index contributed by atoms with van der Waals surface area (Å²) < 4.78 is 17.8. The van der Waals surface area contributed by atoms with Crippen molar-refractivity contribution in [3.8, 4) is 22.6 Å². The van der Waals surface area contributed by atoms with Gasteiger partial charge in [0, 0.05) is 67.4 Å². The minimum atomic E-state index is -0.256. The number of fused-ring (bicyclic) bond motifs is 1. The number of pyridine rings is 2. The number of morpholine rings is 1. The van der Waals surface area contributed by atoms with Gasteiger partial charge in [-0.3, -0.25) is 19.7 Å². The van der Waals surface area contributed by atoms with Gasteiger partial charge >= 0.3 is 0 Å². The van der Waals surface area contributed by atoms with E-state index >= 15 is 0 Å². The smallest absolute Gasteiger partial charge is 0.259 e. The minimum absolute atomic E-state index is 0.226. The third-order valence-corrected chi connectivity index (χ3v) is 7.24. The Morgan fingerprint density at radius 1 is 1.16 bits per heavy atom. The fourth-order valence-electron chi connectivity index (χ4n) is 4.43. The molecule has 1 fully saturated rings. The number of aliphatic imine (C=N–C) groups is 1. The lowest BCUT2D eigenvalue weighted by molar-refractivity contribution is 0.0395. The van der Waals surface area contributed by atoms with E-state index in [9.17, 15) is 4.79 Å². The molecule has 0 atom stereocenters. The molecule has 1 aliphatic heterocycles. The average molecular weight is 560 g/mol. The molecule has 202 valence electrons. The number of benzene rings is 1. The predicted octanol–water partition coefficient (Wildman–Crippen LogP) is 4.11. The predicted molar refractivity (Wildman–Crippen MR) is 153 cm³/mol. The van der Waals surface area contributed by atoms with Crippen LogP contribution in [0.5, 0.6) is 11.5 Å². The molecule has 0 amide bonds. The highest BCUT2D eigenvalue weighted by Crippen LogP contribution is 2.45. The maximum Gasteiger partial charge on any atom is 0.259 e. The van der Waals surface area contributed by atoms with Crippen molar-refractivity contribution < 1.29 is 14.2 Å². The van der Waals surface area contributed by atoms with Crippen molar-refractivity contribution in [1.82, 2.24) is 14.5 Å². The number of aryl methyl sites for hydroxylation is 1. The van der Waals surface area contributed by atoms with Crippen LogP contribution >= 0.6 is 23.2 Å². The van der Waals surface area contributed by atoms with E-state index in [1.165, 1.54) is 20.4 Å². The van der Waals surface area contributed by atoms with Crippen molar-refractivity contribution in [3.05, 3.63) is 56.7 Å². The normalized spacial score (nSPS) is 14.9. The fourth-order valence-corrected chi connectivity index (χ4v) is 5.13. The maximum atomic E-state index is 13.7. The van der Waals surface area contributed by atoms with Gasteiger partial charge in [0.05, 0.1) is 60.8 Å². The number of nitrogens with two attached hydrogens (primary N) is 1. The quantitative estimate of drug-likeness (QED) is 0.393. The van der Waals surface area contributed by atoms with Crippen LogP contribution in [-0.2, 0) is 11.3 Å². The lowest BCUT2D eigenvalue weighted by Crippen LogP contribution is -2.37. The molecule has 1 aliphatic rings. The van der Waals surface area contributed by atoms with E-state index in [0.29, 0.717) is 52.5 Å². The summed E-state index contributed by atoms with van der Waals surface area (Å²) in [5.74, 6) is 0.703. The second-order valence-corrected chi connectivity index (χ2v) is 9.39. The Morgan fingerprint density at radius 3 is 2.45 bits per heavy atom. The van der Waals surface area contributed by atoms with Gasteiger partial charge in [0.25, 0.3) is 5.56 Å². The van der Waals surface area contributed by atoms with Gasteiger partial charge in [0.15, 0.2) is 0 Å². The first-order valence-corrected chi connectivity index (χ1v) is 13.0. The van der Waals surface area contributed by atoms with E-state index in [-0.39, 0.29) is 15.6 Å². The highest BCUT2D eigenvalue weighted by molar-refractivity contribution is 6.41. The number of ether oxygens (including phenoxy) is 3. The Bertz CT molecular complexity index is 1400. The molecule has 1 saturated heterocycles. The Kier molecular flexibility index (Phi) is 9.27. The summed E-state index contributed by atoms with van der Waals surface area (Å²) in [5, 5.41) is 1.19. The lowest BCUT2D eigenvalue weighted by atomic mass is 10.0. The number of hydrogen-bond donors (Lipinski definition) is 1. The number of methoxy groups -OCH3 is 2. The van der Waals surface area contributed by atoms with Crippen molar-refractivity contribution in [2.75, 3.05) is 53.6 Å². The van der Waals surface area contributed by atoms with Gasteiger partial charge in [0.2, 0.25) is 0 Å². The van der Waals surface area contributed by atoms with Crippen LogP contribution in [0.2, 0.25) is 10.0 Å². The molecular weight excluding hydrogens is 529 g/mol. The molecule has 0 spiro atoms. The van der Waals surface area contributed by atoms with Crippen LogP contribution in [0.15, 0.2) is 40.4 Å². The van der Waals surface area contributed by atoms with Crippen LogP contribution in [0.4, 0.5) is 0 Å². The van der Waals surface area contributed by atoms with Gasteiger partial charge < -0.3 is 24.5 Å². The number of hydrogen-bond acceptors (Lipinski definition) is 8. The molecule has 1 aromatic carbocycles. The first-order valence-electron chi connectivity index (χ1n) is 12.3. The van der Waals surface area contributed by atoms with Gasteiger partial charge in [0.1, 0.15) is 11.5 Å². The molecule has 3 aromatic rings. The molecular formula is C27H31Cl2N5O4. The molecule has 9 nitrogen and oxygen atoms in total. The van der Waals surface area contributed by atoms with Crippen molar-refractivity contribution in [3.63, 3.8) is 0 Å². The zero-order chi connectivity index (χ0) is 27.2. The minimum Gasteiger partial charge on any atom is -0.495 e. The molecule has 0 saturated carbocycles. The van der Waals surface area contributed by atoms with Gasteiger partial charge in [-0.15, -0.1) is 0 Å². The van der Waals surface area contributed by atoms with Gasteiger partial charge in [-0.25, -0.2) is 0 Å². The van der Waals surface area contributed by atoms with Gasteiger partial charge in [-0.05, 0) is 19.1 Å². The molecule has 2 aromatic heterocycles. The SMILES string of the molecule is CCn1c(=O)c(-c2c(Cl)c(OC)cc(OC)c2Cl)cc2cnc(C(C=NCCN3CCOCC3)=CN)cc21. The Hall–Kier alpha value is -3.11. The largest absolute Gasteiger partial charge is 0.495 e. The summed E-state index contributed by atoms with van der Waals surface area (Å²) in [4.78, 5) is 25.2. The van der Waals surface area contributed by atoms with Crippen LogP contribution in [0.1, 0.15) is 12.6 Å². The summed E-state index contributed by atoms with van der Waals surface area (Å²) in [5.41, 5.74) is 8.31. The molecule has 3 heterocycles. The van der Waals surface area contributed by atoms with E-state index in [2.05, 4.69) is 14.9 Å². The summed E-state index contributed by atoms with van der Waals surface area (Å²) >= 11 is 13.2. The molecule has 0 unspecified atom stereocenters. The highest BCUT2D eigenvalue weighted by atomic mass is 35.5. The van der Waals surface area contributed by atoms with E-state index < -0.39 is 0 Å². The van der Waals surface area contributed by atoms with Crippen molar-refractivity contribution >= 4 is 45.9 Å². The average Bonchev–Trinajstić information content (AvgIpc) is 2.94. The van der Waals surface area contributed by atoms with E-state index in [0.717, 1.165) is 38.2 Å². The topological polar surface area (TPSA) is 104 Å². The van der Waals surface area contributed by atoms with Crippen LogP contribution < -0.4 is 20.8 Å². The van der Waals surface area contributed by atoms with Crippen LogP contribution in [0, 0.1) is 0 Å². The van der Waals surface area contributed by atoms with E-state index in [1.54, 1.807) is 29.1 Å². The molecule has 0 bridgehead atoms. The lowest BCUT2D eigenvalue weighted by Gasteiger charge is -2.25. The van der Waals surface area contributed by atoms with Crippen molar-refractivity contribution in [1.29, 1.82) is 0 Å². The Morgan fingerprint density at radius 2 is 1.84 bits per heavy atom. The second-order valence-electron chi connectivity index (χ2n) is 8.63. The third-order valence-electron chi connectivity index (χ3n) is 6.49. The second kappa shape index (κ2) is 12.6. The molecule has 11 heteroatoms. The molecule has 2 N–H and O–H groups in total. The summed E-state index contributed by atoms with van der Waals surface area (Å²) in [7, 11) is 2.98. The van der Waals surface area contributed by atoms with Gasteiger partial charge in [-0.2, -0.15) is 0 Å². The number of aromatic nitrogens is 2. The molecule has 38 heavy (non-hydrogen) atoms. The summed E-state index contributed by atoms with van der Waals surface area (Å²) in [6.07, 6.45) is 4.89. The fraction of sp³-hybridized carbons (Fsp3) is 0.370. The number of nitrogens with zero attached hydrogens (tertiary/aromatic N) is 4. The monoisotopic (exact) mass is 559 g/mol. The molecule has 4 rings (SSSR count). The Labute approximate surface area is 231 Å². The zero-order valence-electron chi connectivity index (χ0n) is 21.7. The summed E-state index contributed by atoms with van der Waals surface area (Å²) in [6, 6.07) is 5.16. The van der Waals surface area contributed by atoms with E-state index in [4.69, 9.17) is 43.1 Å². The van der Waals surface area contributed by atoms with Crippen LogP contribution in [0.25, 0.3) is 27.6 Å². The number of allylic oxidation sites excluding steroid dienone is 1. The molecule has 0 radical (unpaired) electrons. The third kappa shape index (κ3) is 5.66. The van der Waals surface area contributed by atoms with Crippen molar-refractivity contribution in [2.45, 2.75) is 13.5 Å². The van der Waals surface area contributed by atoms with Crippen molar-refractivity contribution in [2.24, 2.45) is 10.7 Å². The highest BCUT2D eigenvalue weighted by Gasteiger charge is 2.22. The first kappa shape index (κ1) is 27.9. The van der Waals surface area contributed by atoms with Crippen LogP contribution in [-0.4, -0.2) is 74.3 Å². The molecule has 0 aliphatic carbocycles. The van der Waals surface area contributed by atoms with Gasteiger partial charge in [-0.1, -0.05) is 23.2 Å². The number of halogens is 2. The first-order chi connectivity index (χ1) is 18.4. The standard InChI is InChI=1S/C27H31Cl2N5O4/c1-4-34-21-12-20(18(14-30)15-31-5-6-33-7-9-38-10-8-33)32-16-17(21)11-19(27(34)35)24-25(28)22(36-2)13-23(37-3)26(24)29/h11-16H,4-10,30H2,1-3H3. The maximum absolute atomic E-state index is 13.7. The Balaban J connectivity index is 1.72. The van der Waals surface area contributed by atoms with Crippen LogP contribution in [0.3, 0.4) is 0 Å². The summed E-state index contributed by atoms with van der Waals surface area (Å²) in [6.45, 7) is 7.13. The van der Waals surface area contributed by atoms with E-state index in [1.807, 2.05) is 13.0 Å².